The summed E-state index contributed by atoms with van der Waals surface area (Å²) in [5.74, 6) is 0.260. The molecule has 0 saturated heterocycles. The zero-order valence-corrected chi connectivity index (χ0v) is 12.9. The molecule has 0 aromatic heterocycles. The van der Waals surface area contributed by atoms with E-state index in [2.05, 4.69) is 10.0 Å². The second kappa shape index (κ2) is 7.03. The maximum atomic E-state index is 12.4. The molecule has 0 heterocycles. The number of hydrogen-bond donors (Lipinski definition) is 2. The number of rotatable bonds is 7. The average molecular weight is 284 g/mol. The highest BCUT2D eigenvalue weighted by molar-refractivity contribution is 7.89. The van der Waals surface area contributed by atoms with Gasteiger partial charge in [0.25, 0.3) is 0 Å². The Morgan fingerprint density at radius 1 is 1.16 bits per heavy atom. The Bertz CT molecular complexity index is 498. The van der Waals surface area contributed by atoms with Crippen LogP contribution in [-0.2, 0) is 16.6 Å². The molecule has 0 fully saturated rings. The summed E-state index contributed by atoms with van der Waals surface area (Å²) in [4.78, 5) is 0.364. The predicted molar refractivity (Wildman–Crippen MR) is 78.4 cm³/mol. The predicted octanol–water partition coefficient (Wildman–Crippen LogP) is 2.12. The standard InChI is InChI=1S/C14H24N2O2S/c1-5-15-10-13-8-6-7-9-14(13)19(17,18)16-12(4)11(2)3/h6-9,11-12,15-16H,5,10H2,1-4H3. The second-order valence-electron chi connectivity index (χ2n) is 5.04. The summed E-state index contributed by atoms with van der Waals surface area (Å²) in [7, 11) is -3.46. The van der Waals surface area contributed by atoms with Crippen molar-refractivity contribution in [1.82, 2.24) is 10.0 Å². The van der Waals surface area contributed by atoms with Crippen molar-refractivity contribution in [3.63, 3.8) is 0 Å². The Hall–Kier alpha value is -0.910. The quantitative estimate of drug-likeness (QED) is 0.806. The van der Waals surface area contributed by atoms with Crippen molar-refractivity contribution < 1.29 is 8.42 Å². The van der Waals surface area contributed by atoms with Gasteiger partial charge in [-0.2, -0.15) is 0 Å². The normalized spacial score (nSPS) is 13.7. The van der Waals surface area contributed by atoms with Gasteiger partial charge in [0.05, 0.1) is 4.90 Å². The zero-order valence-electron chi connectivity index (χ0n) is 12.1. The van der Waals surface area contributed by atoms with E-state index in [1.807, 2.05) is 39.8 Å². The molecular formula is C14H24N2O2S. The van der Waals surface area contributed by atoms with Crippen molar-refractivity contribution in [3.8, 4) is 0 Å². The summed E-state index contributed by atoms with van der Waals surface area (Å²) in [5.41, 5.74) is 0.799. The Kier molecular flexibility index (Phi) is 5.97. The maximum Gasteiger partial charge on any atom is 0.241 e. The largest absolute Gasteiger partial charge is 0.313 e. The maximum absolute atomic E-state index is 12.4. The van der Waals surface area contributed by atoms with Crippen LogP contribution in [0.3, 0.4) is 0 Å². The van der Waals surface area contributed by atoms with Crippen molar-refractivity contribution in [1.29, 1.82) is 0 Å². The molecule has 4 nitrogen and oxygen atoms in total. The van der Waals surface area contributed by atoms with E-state index >= 15 is 0 Å². The van der Waals surface area contributed by atoms with Gasteiger partial charge in [-0.25, -0.2) is 13.1 Å². The molecule has 0 aliphatic rings. The lowest BCUT2D eigenvalue weighted by molar-refractivity contribution is 0.476. The minimum absolute atomic E-state index is 0.0859. The van der Waals surface area contributed by atoms with Gasteiger partial charge in [0.15, 0.2) is 0 Å². The molecule has 0 radical (unpaired) electrons. The molecule has 0 amide bonds. The molecule has 5 heteroatoms. The van der Waals surface area contributed by atoms with E-state index in [4.69, 9.17) is 0 Å². The minimum atomic E-state index is -3.46. The summed E-state index contributed by atoms with van der Waals surface area (Å²) in [6, 6.07) is 7.03. The fraction of sp³-hybridized carbons (Fsp3) is 0.571. The van der Waals surface area contributed by atoms with Gasteiger partial charge in [-0.1, -0.05) is 39.0 Å². The summed E-state index contributed by atoms with van der Waals surface area (Å²) in [6.07, 6.45) is 0. The van der Waals surface area contributed by atoms with Crippen molar-refractivity contribution in [2.24, 2.45) is 5.92 Å². The van der Waals surface area contributed by atoms with Crippen LogP contribution in [0.2, 0.25) is 0 Å². The van der Waals surface area contributed by atoms with Gasteiger partial charge in [-0.3, -0.25) is 0 Å². The van der Waals surface area contributed by atoms with Crippen molar-refractivity contribution >= 4 is 10.0 Å². The van der Waals surface area contributed by atoms with Crippen LogP contribution in [0.15, 0.2) is 29.2 Å². The summed E-state index contributed by atoms with van der Waals surface area (Å²) >= 11 is 0. The Balaban J connectivity index is 3.00. The lowest BCUT2D eigenvalue weighted by Gasteiger charge is -2.19. The highest BCUT2D eigenvalue weighted by Gasteiger charge is 2.21. The van der Waals surface area contributed by atoms with Crippen LogP contribution in [0.1, 0.15) is 33.3 Å². The summed E-state index contributed by atoms with van der Waals surface area (Å²) in [6.45, 7) is 9.24. The van der Waals surface area contributed by atoms with Gasteiger partial charge >= 0.3 is 0 Å². The smallest absolute Gasteiger partial charge is 0.241 e. The van der Waals surface area contributed by atoms with E-state index in [0.29, 0.717) is 11.4 Å². The Morgan fingerprint density at radius 2 is 1.79 bits per heavy atom. The highest BCUT2D eigenvalue weighted by Crippen LogP contribution is 2.16. The van der Waals surface area contributed by atoms with E-state index < -0.39 is 10.0 Å². The third-order valence-electron chi connectivity index (χ3n) is 3.17. The van der Waals surface area contributed by atoms with Crippen molar-refractivity contribution in [3.05, 3.63) is 29.8 Å². The van der Waals surface area contributed by atoms with Crippen LogP contribution in [0.25, 0.3) is 0 Å². The van der Waals surface area contributed by atoms with Gasteiger partial charge in [0, 0.05) is 12.6 Å². The van der Waals surface area contributed by atoms with Gasteiger partial charge in [-0.05, 0) is 31.0 Å². The van der Waals surface area contributed by atoms with Crippen LogP contribution >= 0.6 is 0 Å². The molecule has 0 saturated carbocycles. The van der Waals surface area contributed by atoms with Crippen LogP contribution in [0.5, 0.6) is 0 Å². The monoisotopic (exact) mass is 284 g/mol. The van der Waals surface area contributed by atoms with E-state index in [1.165, 1.54) is 0 Å². The van der Waals surface area contributed by atoms with Crippen LogP contribution in [0.4, 0.5) is 0 Å². The number of benzene rings is 1. The molecule has 1 atom stereocenters. The molecule has 1 aromatic rings. The van der Waals surface area contributed by atoms with Crippen molar-refractivity contribution in [2.75, 3.05) is 6.54 Å². The first-order chi connectivity index (χ1) is 8.88. The van der Waals surface area contributed by atoms with Gasteiger partial charge in [-0.15, -0.1) is 0 Å². The third-order valence-corrected chi connectivity index (χ3v) is 4.83. The van der Waals surface area contributed by atoms with Crippen LogP contribution in [0, 0.1) is 5.92 Å². The van der Waals surface area contributed by atoms with Crippen LogP contribution in [-0.4, -0.2) is 21.0 Å². The first-order valence-corrected chi connectivity index (χ1v) is 8.17. The summed E-state index contributed by atoms with van der Waals surface area (Å²) in [5, 5.41) is 3.16. The molecule has 0 aliphatic heterocycles. The van der Waals surface area contributed by atoms with Gasteiger partial charge in [0.2, 0.25) is 10.0 Å². The molecule has 108 valence electrons. The van der Waals surface area contributed by atoms with Gasteiger partial charge in [0.1, 0.15) is 0 Å². The molecule has 0 bridgehead atoms. The first kappa shape index (κ1) is 16.1. The average Bonchev–Trinajstić information content (AvgIpc) is 2.36. The molecule has 0 aliphatic carbocycles. The fourth-order valence-electron chi connectivity index (χ4n) is 1.62. The SMILES string of the molecule is CCNCc1ccccc1S(=O)(=O)NC(C)C(C)C. The zero-order chi connectivity index (χ0) is 14.5. The molecule has 2 N–H and O–H groups in total. The number of sulfonamides is 1. The topological polar surface area (TPSA) is 58.2 Å². The first-order valence-electron chi connectivity index (χ1n) is 6.69. The molecule has 1 rings (SSSR count). The third kappa shape index (κ3) is 4.60. The lowest BCUT2D eigenvalue weighted by atomic mass is 10.1. The molecular weight excluding hydrogens is 260 g/mol. The summed E-state index contributed by atoms with van der Waals surface area (Å²) < 4.78 is 27.5. The van der Waals surface area contributed by atoms with E-state index in [-0.39, 0.29) is 12.0 Å². The fourth-order valence-corrected chi connectivity index (χ4v) is 3.25. The Labute approximate surface area is 116 Å². The second-order valence-corrected chi connectivity index (χ2v) is 6.72. The van der Waals surface area contributed by atoms with E-state index in [1.54, 1.807) is 12.1 Å². The minimum Gasteiger partial charge on any atom is -0.313 e. The van der Waals surface area contributed by atoms with Crippen molar-refractivity contribution in [2.45, 2.75) is 45.2 Å². The molecule has 19 heavy (non-hydrogen) atoms. The number of hydrogen-bond acceptors (Lipinski definition) is 3. The van der Waals surface area contributed by atoms with Crippen LogP contribution < -0.4 is 10.0 Å². The molecule has 1 unspecified atom stereocenters. The molecule has 0 spiro atoms. The van der Waals surface area contributed by atoms with Gasteiger partial charge < -0.3 is 5.32 Å². The number of nitrogens with one attached hydrogen (secondary N) is 2. The lowest BCUT2D eigenvalue weighted by Crippen LogP contribution is -2.36. The van der Waals surface area contributed by atoms with E-state index in [0.717, 1.165) is 12.1 Å². The molecule has 1 aromatic carbocycles. The Morgan fingerprint density at radius 3 is 2.37 bits per heavy atom. The van der Waals surface area contributed by atoms with E-state index in [9.17, 15) is 8.42 Å². The highest BCUT2D eigenvalue weighted by atomic mass is 32.2.